The Morgan fingerprint density at radius 2 is 0.790 bits per heavy atom. The van der Waals surface area contributed by atoms with Gasteiger partial charge >= 0.3 is 5.97 Å². The van der Waals surface area contributed by atoms with Crippen molar-refractivity contribution in [2.45, 2.75) is 46.5 Å². The number of carbonyl (C=O) groups is 1. The van der Waals surface area contributed by atoms with Crippen LogP contribution in [0.25, 0.3) is 42.4 Å². The Kier molecular flexibility index (Phi) is 11.7. The molecule has 1 aromatic heterocycles. The minimum atomic E-state index is -0.195. The number of hydrogen-bond donors (Lipinski definition) is 0. The molecule has 0 saturated carbocycles. The van der Waals surface area contributed by atoms with E-state index in [1.807, 2.05) is 11.3 Å². The highest BCUT2D eigenvalue weighted by molar-refractivity contribution is 7.25. The standard InChI is InChI=1S/C57H50N2O2S/c1-5-6-41-11-26-49(27-12-41)58(47-22-7-39(2)8-23-47)51-30-16-43(17-31-51)45-20-34-53-54-35-21-46(38-56(54)62-55(53)37-45)44-18-32-52(33-19-44)59(48-24-9-40(3)10-25-48)50-28-13-42(14-29-50)15-36-57(60)61-4/h7-14,16-35,37-38H,5-6,15,36H2,1-4H3. The number of rotatable bonds is 13. The van der Waals surface area contributed by atoms with E-state index in [0.717, 1.165) is 52.5 Å². The second kappa shape index (κ2) is 18.0. The van der Waals surface area contributed by atoms with Crippen molar-refractivity contribution in [2.24, 2.45) is 0 Å². The smallest absolute Gasteiger partial charge is 0.305 e. The third-order valence-electron chi connectivity index (χ3n) is 11.7. The number of esters is 1. The Morgan fingerprint density at radius 1 is 0.452 bits per heavy atom. The van der Waals surface area contributed by atoms with Gasteiger partial charge in [-0.05, 0) is 145 Å². The monoisotopic (exact) mass is 826 g/mol. The van der Waals surface area contributed by atoms with Crippen molar-refractivity contribution in [3.63, 3.8) is 0 Å². The molecule has 306 valence electrons. The Hall–Kier alpha value is -6.95. The molecule has 0 bridgehead atoms. The van der Waals surface area contributed by atoms with Gasteiger partial charge in [0.05, 0.1) is 7.11 Å². The Balaban J connectivity index is 0.971. The van der Waals surface area contributed by atoms with Gasteiger partial charge in [0, 0.05) is 60.7 Å². The van der Waals surface area contributed by atoms with Crippen LogP contribution in [0, 0.1) is 13.8 Å². The van der Waals surface area contributed by atoms with Crippen LogP contribution < -0.4 is 9.80 Å². The predicted octanol–water partition coefficient (Wildman–Crippen LogP) is 16.0. The second-order valence-electron chi connectivity index (χ2n) is 16.1. The molecule has 0 saturated heterocycles. The fourth-order valence-electron chi connectivity index (χ4n) is 8.28. The maximum atomic E-state index is 11.7. The lowest BCUT2D eigenvalue weighted by molar-refractivity contribution is -0.140. The summed E-state index contributed by atoms with van der Waals surface area (Å²) >= 11 is 1.86. The number of fused-ring (bicyclic) bond motifs is 3. The number of ether oxygens (including phenoxy) is 1. The summed E-state index contributed by atoms with van der Waals surface area (Å²) in [7, 11) is 1.43. The molecule has 0 N–H and O–H groups in total. The summed E-state index contributed by atoms with van der Waals surface area (Å²) in [5.41, 5.74) is 16.4. The van der Waals surface area contributed by atoms with Gasteiger partial charge in [-0.15, -0.1) is 11.3 Å². The second-order valence-corrected chi connectivity index (χ2v) is 17.2. The summed E-state index contributed by atoms with van der Waals surface area (Å²) in [5.74, 6) is -0.195. The van der Waals surface area contributed by atoms with Gasteiger partial charge < -0.3 is 14.5 Å². The van der Waals surface area contributed by atoms with E-state index in [2.05, 4.69) is 213 Å². The molecule has 0 spiro atoms. The molecule has 0 atom stereocenters. The Bertz CT molecular complexity index is 2950. The summed E-state index contributed by atoms with van der Waals surface area (Å²) in [4.78, 5) is 16.4. The van der Waals surface area contributed by atoms with E-state index >= 15 is 0 Å². The normalized spacial score (nSPS) is 11.2. The highest BCUT2D eigenvalue weighted by Crippen LogP contribution is 2.41. The molecule has 0 aliphatic carbocycles. The quantitative estimate of drug-likeness (QED) is 0.108. The van der Waals surface area contributed by atoms with E-state index in [0.29, 0.717) is 12.8 Å². The first-order chi connectivity index (χ1) is 30.3. The van der Waals surface area contributed by atoms with Gasteiger partial charge in [-0.2, -0.15) is 0 Å². The maximum absolute atomic E-state index is 11.7. The lowest BCUT2D eigenvalue weighted by Gasteiger charge is -2.26. The van der Waals surface area contributed by atoms with Crippen LogP contribution in [-0.4, -0.2) is 13.1 Å². The highest BCUT2D eigenvalue weighted by Gasteiger charge is 2.16. The first-order valence-electron chi connectivity index (χ1n) is 21.5. The number of aryl methyl sites for hydroxylation is 4. The number of anilines is 6. The molecule has 0 unspecified atom stereocenters. The molecule has 0 fully saturated rings. The van der Waals surface area contributed by atoms with E-state index in [9.17, 15) is 4.79 Å². The number of carbonyl (C=O) groups excluding carboxylic acids is 1. The lowest BCUT2D eigenvalue weighted by atomic mass is 10.0. The number of thiophene rings is 1. The number of hydrogen-bond acceptors (Lipinski definition) is 5. The summed E-state index contributed by atoms with van der Waals surface area (Å²) in [6, 6.07) is 66.5. The summed E-state index contributed by atoms with van der Waals surface area (Å²) in [6.45, 7) is 6.47. The zero-order valence-corrected chi connectivity index (χ0v) is 36.6. The Morgan fingerprint density at radius 3 is 1.16 bits per heavy atom. The van der Waals surface area contributed by atoms with E-state index in [1.165, 1.54) is 66.2 Å². The summed E-state index contributed by atoms with van der Waals surface area (Å²) in [5, 5.41) is 2.57. The number of nitrogens with zero attached hydrogens (tertiary/aromatic N) is 2. The van der Waals surface area contributed by atoms with Gasteiger partial charge in [-0.1, -0.05) is 122 Å². The molecule has 9 aromatic rings. The molecule has 0 amide bonds. The lowest BCUT2D eigenvalue weighted by Crippen LogP contribution is -2.10. The average molecular weight is 827 g/mol. The molecule has 8 aromatic carbocycles. The van der Waals surface area contributed by atoms with Gasteiger partial charge in [-0.3, -0.25) is 4.79 Å². The van der Waals surface area contributed by atoms with E-state index in [-0.39, 0.29) is 5.97 Å². The van der Waals surface area contributed by atoms with Crippen LogP contribution >= 0.6 is 11.3 Å². The van der Waals surface area contributed by atoms with Crippen LogP contribution in [0.1, 0.15) is 42.0 Å². The first-order valence-corrected chi connectivity index (χ1v) is 22.3. The van der Waals surface area contributed by atoms with Crippen LogP contribution in [0.2, 0.25) is 0 Å². The molecule has 5 heteroatoms. The zero-order valence-electron chi connectivity index (χ0n) is 35.8. The minimum absolute atomic E-state index is 0.195. The van der Waals surface area contributed by atoms with E-state index in [4.69, 9.17) is 4.74 Å². The van der Waals surface area contributed by atoms with Crippen molar-refractivity contribution >= 4 is 71.6 Å². The van der Waals surface area contributed by atoms with Crippen molar-refractivity contribution in [1.29, 1.82) is 0 Å². The van der Waals surface area contributed by atoms with Crippen molar-refractivity contribution in [1.82, 2.24) is 0 Å². The molecule has 0 radical (unpaired) electrons. The van der Waals surface area contributed by atoms with Gasteiger partial charge in [0.1, 0.15) is 0 Å². The van der Waals surface area contributed by atoms with Crippen molar-refractivity contribution < 1.29 is 9.53 Å². The molecule has 4 nitrogen and oxygen atoms in total. The van der Waals surface area contributed by atoms with Gasteiger partial charge in [0.15, 0.2) is 0 Å². The van der Waals surface area contributed by atoms with E-state index < -0.39 is 0 Å². The Labute approximate surface area is 369 Å². The van der Waals surface area contributed by atoms with Crippen LogP contribution in [0.4, 0.5) is 34.1 Å². The van der Waals surface area contributed by atoms with Crippen molar-refractivity contribution in [2.75, 3.05) is 16.9 Å². The van der Waals surface area contributed by atoms with E-state index in [1.54, 1.807) is 0 Å². The molecular formula is C57H50N2O2S. The molecule has 0 aliphatic heterocycles. The third-order valence-corrected chi connectivity index (χ3v) is 12.9. The SMILES string of the molecule is CCCc1ccc(N(c2ccc(C)cc2)c2ccc(-c3ccc4c(c3)sc3cc(-c5ccc(N(c6ccc(C)cc6)c6ccc(CCC(=O)OC)cc6)cc5)ccc34)cc2)cc1. The molecule has 1 heterocycles. The molecule has 9 rings (SSSR count). The van der Waals surface area contributed by atoms with Crippen molar-refractivity contribution in [3.05, 3.63) is 204 Å². The maximum Gasteiger partial charge on any atom is 0.305 e. The third kappa shape index (κ3) is 8.63. The van der Waals surface area contributed by atoms with Gasteiger partial charge in [-0.25, -0.2) is 0 Å². The average Bonchev–Trinajstić information content (AvgIpc) is 3.68. The van der Waals surface area contributed by atoms with Crippen LogP contribution in [0.3, 0.4) is 0 Å². The van der Waals surface area contributed by atoms with Crippen molar-refractivity contribution in [3.8, 4) is 22.3 Å². The topological polar surface area (TPSA) is 32.8 Å². The fraction of sp³-hybridized carbons (Fsp3) is 0.140. The predicted molar refractivity (Wildman–Crippen MR) is 263 cm³/mol. The molecular weight excluding hydrogens is 777 g/mol. The number of benzene rings is 8. The van der Waals surface area contributed by atoms with Gasteiger partial charge in [0.25, 0.3) is 0 Å². The molecule has 62 heavy (non-hydrogen) atoms. The fourth-order valence-corrected chi connectivity index (χ4v) is 9.47. The van der Waals surface area contributed by atoms with Crippen LogP contribution in [-0.2, 0) is 22.4 Å². The number of methoxy groups -OCH3 is 1. The zero-order chi connectivity index (χ0) is 42.6. The summed E-state index contributed by atoms with van der Waals surface area (Å²) in [6.07, 6.45) is 3.25. The van der Waals surface area contributed by atoms with Crippen LogP contribution in [0.15, 0.2) is 182 Å². The van der Waals surface area contributed by atoms with Gasteiger partial charge in [0.2, 0.25) is 0 Å². The first kappa shape index (κ1) is 40.5. The van der Waals surface area contributed by atoms with Crippen LogP contribution in [0.5, 0.6) is 0 Å². The summed E-state index contributed by atoms with van der Waals surface area (Å²) < 4.78 is 7.41. The molecule has 0 aliphatic rings. The largest absolute Gasteiger partial charge is 0.469 e. The highest BCUT2D eigenvalue weighted by atomic mass is 32.1. The minimum Gasteiger partial charge on any atom is -0.469 e.